The van der Waals surface area contributed by atoms with Crippen LogP contribution < -0.4 is 5.32 Å². The number of aliphatic hydroxyl groups is 1. The van der Waals surface area contributed by atoms with Crippen molar-refractivity contribution in [3.63, 3.8) is 0 Å². The van der Waals surface area contributed by atoms with Gasteiger partial charge in [-0.3, -0.25) is 4.79 Å². The molecule has 0 saturated carbocycles. The Balaban J connectivity index is 0.000000557. The Hall–Kier alpha value is -0.610. The summed E-state index contributed by atoms with van der Waals surface area (Å²) in [6, 6.07) is 0.617. The van der Waals surface area contributed by atoms with Crippen molar-refractivity contribution < 1.29 is 15.0 Å². The molecule has 1 rings (SSSR count). The molecule has 1 saturated heterocycles. The SMILES string of the molecule is CC(=O)O.CC(C)(C)CC1CC(CO)CCN1. The number of rotatable bonds is 2. The Kier molecular flexibility index (Phi) is 7.39. The maximum atomic E-state index is 9.08. The molecule has 3 N–H and O–H groups in total. The summed E-state index contributed by atoms with van der Waals surface area (Å²) >= 11 is 0. The van der Waals surface area contributed by atoms with Crippen LogP contribution in [0.2, 0.25) is 0 Å². The van der Waals surface area contributed by atoms with E-state index >= 15 is 0 Å². The van der Waals surface area contributed by atoms with Gasteiger partial charge in [-0.1, -0.05) is 20.8 Å². The van der Waals surface area contributed by atoms with Crippen LogP contribution in [0.3, 0.4) is 0 Å². The van der Waals surface area contributed by atoms with E-state index in [4.69, 9.17) is 15.0 Å². The summed E-state index contributed by atoms with van der Waals surface area (Å²) in [6.07, 6.45) is 3.49. The van der Waals surface area contributed by atoms with Gasteiger partial charge < -0.3 is 15.5 Å². The molecule has 1 aliphatic rings. The van der Waals surface area contributed by atoms with Crippen LogP contribution >= 0.6 is 0 Å². The van der Waals surface area contributed by atoms with Crippen molar-refractivity contribution in [1.29, 1.82) is 0 Å². The van der Waals surface area contributed by atoms with E-state index in [0.29, 0.717) is 24.0 Å². The van der Waals surface area contributed by atoms with E-state index < -0.39 is 5.97 Å². The number of carboxylic acid groups (broad SMARTS) is 1. The van der Waals surface area contributed by atoms with E-state index in [1.165, 1.54) is 6.42 Å². The molecular weight excluding hydrogens is 218 g/mol. The number of carbonyl (C=O) groups is 1. The van der Waals surface area contributed by atoms with Crippen molar-refractivity contribution in [2.45, 2.75) is 53.0 Å². The lowest BCUT2D eigenvalue weighted by atomic mass is 9.82. The lowest BCUT2D eigenvalue weighted by molar-refractivity contribution is -0.134. The van der Waals surface area contributed by atoms with Crippen molar-refractivity contribution in [2.24, 2.45) is 11.3 Å². The van der Waals surface area contributed by atoms with Gasteiger partial charge in [-0.25, -0.2) is 0 Å². The first-order valence-electron chi connectivity index (χ1n) is 6.28. The Morgan fingerprint density at radius 3 is 2.35 bits per heavy atom. The van der Waals surface area contributed by atoms with Crippen molar-refractivity contribution in [3.8, 4) is 0 Å². The topological polar surface area (TPSA) is 69.6 Å². The van der Waals surface area contributed by atoms with E-state index in [1.54, 1.807) is 0 Å². The quantitative estimate of drug-likeness (QED) is 0.694. The first kappa shape index (κ1) is 16.4. The minimum Gasteiger partial charge on any atom is -0.481 e. The molecule has 1 fully saturated rings. The maximum Gasteiger partial charge on any atom is 0.300 e. The molecule has 0 aromatic heterocycles. The molecule has 0 aromatic carbocycles. The van der Waals surface area contributed by atoms with Crippen LogP contribution in [0.15, 0.2) is 0 Å². The van der Waals surface area contributed by atoms with Crippen LogP contribution in [0, 0.1) is 11.3 Å². The van der Waals surface area contributed by atoms with Gasteiger partial charge in [0.05, 0.1) is 0 Å². The number of hydrogen-bond acceptors (Lipinski definition) is 3. The molecule has 102 valence electrons. The number of carboxylic acids is 1. The monoisotopic (exact) mass is 245 g/mol. The van der Waals surface area contributed by atoms with Crippen LogP contribution in [0.4, 0.5) is 0 Å². The molecule has 17 heavy (non-hydrogen) atoms. The number of aliphatic carboxylic acids is 1. The van der Waals surface area contributed by atoms with E-state index in [9.17, 15) is 0 Å². The fourth-order valence-electron chi connectivity index (χ4n) is 2.16. The molecule has 0 radical (unpaired) electrons. The second-order valence-electron chi connectivity index (χ2n) is 6.01. The van der Waals surface area contributed by atoms with Crippen LogP contribution in [-0.2, 0) is 4.79 Å². The molecule has 0 aromatic rings. The normalized spacial score (nSPS) is 24.8. The van der Waals surface area contributed by atoms with E-state index in [-0.39, 0.29) is 0 Å². The Morgan fingerprint density at radius 2 is 1.94 bits per heavy atom. The summed E-state index contributed by atoms with van der Waals surface area (Å²) in [6.45, 7) is 9.35. The van der Waals surface area contributed by atoms with E-state index in [0.717, 1.165) is 26.3 Å². The summed E-state index contributed by atoms with van der Waals surface area (Å²) in [5, 5.41) is 20.0. The average molecular weight is 245 g/mol. The van der Waals surface area contributed by atoms with E-state index in [1.807, 2.05) is 0 Å². The zero-order valence-electron chi connectivity index (χ0n) is 11.5. The van der Waals surface area contributed by atoms with Gasteiger partial charge in [-0.2, -0.15) is 0 Å². The minimum atomic E-state index is -0.833. The highest BCUT2D eigenvalue weighted by Crippen LogP contribution is 2.26. The predicted octanol–water partition coefficient (Wildman–Crippen LogP) is 1.87. The fraction of sp³-hybridized carbons (Fsp3) is 0.923. The van der Waals surface area contributed by atoms with Gasteiger partial charge in [0.15, 0.2) is 0 Å². The molecule has 0 aliphatic carbocycles. The molecule has 0 amide bonds. The molecule has 0 bridgehead atoms. The third-order valence-electron chi connectivity index (χ3n) is 2.72. The van der Waals surface area contributed by atoms with Gasteiger partial charge in [-0.15, -0.1) is 0 Å². The summed E-state index contributed by atoms with van der Waals surface area (Å²) in [5.74, 6) is -0.298. The number of nitrogens with one attached hydrogen (secondary N) is 1. The minimum absolute atomic E-state index is 0.363. The van der Waals surface area contributed by atoms with Gasteiger partial charge >= 0.3 is 0 Å². The molecule has 4 nitrogen and oxygen atoms in total. The molecular formula is C13H27NO3. The third kappa shape index (κ3) is 10.3. The Morgan fingerprint density at radius 1 is 1.41 bits per heavy atom. The second-order valence-corrected chi connectivity index (χ2v) is 6.01. The third-order valence-corrected chi connectivity index (χ3v) is 2.72. The van der Waals surface area contributed by atoms with E-state index in [2.05, 4.69) is 26.1 Å². The first-order valence-corrected chi connectivity index (χ1v) is 6.28. The summed E-state index contributed by atoms with van der Waals surface area (Å²) < 4.78 is 0. The molecule has 4 heteroatoms. The van der Waals surface area contributed by atoms with Crippen LogP contribution in [0.1, 0.15) is 47.0 Å². The van der Waals surface area contributed by atoms with Crippen molar-refractivity contribution >= 4 is 5.97 Å². The highest BCUT2D eigenvalue weighted by Gasteiger charge is 2.24. The van der Waals surface area contributed by atoms with Gasteiger partial charge in [0.2, 0.25) is 0 Å². The highest BCUT2D eigenvalue weighted by atomic mass is 16.4. The number of hydrogen-bond donors (Lipinski definition) is 3. The van der Waals surface area contributed by atoms with Crippen LogP contribution in [0.25, 0.3) is 0 Å². The predicted molar refractivity (Wildman–Crippen MR) is 69.0 cm³/mol. The first-order chi connectivity index (χ1) is 7.74. The standard InChI is InChI=1S/C11H23NO.C2H4O2/c1-11(2,3)7-10-6-9(8-13)4-5-12-10;1-2(3)4/h9-10,12-13H,4-8H2,1-3H3;1H3,(H,3,4). The lowest BCUT2D eigenvalue weighted by Crippen LogP contribution is -2.41. The van der Waals surface area contributed by atoms with Gasteiger partial charge in [0.25, 0.3) is 5.97 Å². The van der Waals surface area contributed by atoms with Crippen molar-refractivity contribution in [1.82, 2.24) is 5.32 Å². The summed E-state index contributed by atoms with van der Waals surface area (Å²) in [7, 11) is 0. The lowest BCUT2D eigenvalue weighted by Gasteiger charge is -2.33. The van der Waals surface area contributed by atoms with Gasteiger partial charge in [-0.05, 0) is 37.1 Å². The van der Waals surface area contributed by atoms with Gasteiger partial charge in [0.1, 0.15) is 0 Å². The summed E-state index contributed by atoms with van der Waals surface area (Å²) in [4.78, 5) is 9.00. The molecule has 0 spiro atoms. The number of piperidine rings is 1. The zero-order chi connectivity index (χ0) is 13.5. The van der Waals surface area contributed by atoms with Crippen molar-refractivity contribution in [2.75, 3.05) is 13.2 Å². The Bertz CT molecular complexity index is 219. The van der Waals surface area contributed by atoms with Crippen LogP contribution in [-0.4, -0.2) is 35.4 Å². The molecule has 2 atom stereocenters. The van der Waals surface area contributed by atoms with Crippen molar-refractivity contribution in [3.05, 3.63) is 0 Å². The summed E-state index contributed by atoms with van der Waals surface area (Å²) in [5.41, 5.74) is 0.398. The Labute approximate surface area is 104 Å². The van der Waals surface area contributed by atoms with Crippen LogP contribution in [0.5, 0.6) is 0 Å². The van der Waals surface area contributed by atoms with Gasteiger partial charge in [0, 0.05) is 19.6 Å². The highest BCUT2D eigenvalue weighted by molar-refractivity contribution is 5.62. The zero-order valence-corrected chi connectivity index (χ0v) is 11.5. The smallest absolute Gasteiger partial charge is 0.300 e. The largest absolute Gasteiger partial charge is 0.481 e. The second kappa shape index (κ2) is 7.67. The molecule has 1 heterocycles. The fourth-order valence-corrected chi connectivity index (χ4v) is 2.16. The average Bonchev–Trinajstić information content (AvgIpc) is 2.14. The molecule has 1 aliphatic heterocycles. The molecule has 2 unspecified atom stereocenters. The maximum absolute atomic E-state index is 9.08. The number of aliphatic hydroxyl groups excluding tert-OH is 1.